The Morgan fingerprint density at radius 3 is 2.31 bits per heavy atom. The van der Waals surface area contributed by atoms with Crippen LogP contribution in [0, 0.1) is 0 Å². The number of amides is 1. The van der Waals surface area contributed by atoms with E-state index < -0.39 is 10.0 Å². The molecule has 26 heavy (non-hydrogen) atoms. The number of carbonyl (C=O) groups excluding carboxylic acids is 1. The van der Waals surface area contributed by atoms with Gasteiger partial charge in [-0.15, -0.1) is 0 Å². The van der Waals surface area contributed by atoms with Crippen molar-refractivity contribution in [2.75, 3.05) is 18.4 Å². The van der Waals surface area contributed by atoms with Gasteiger partial charge in [0, 0.05) is 29.4 Å². The molecule has 2 aromatic rings. The first kappa shape index (κ1) is 20.4. The highest BCUT2D eigenvalue weighted by Gasteiger charge is 2.24. The average Bonchev–Trinajstić information content (AvgIpc) is 2.61. The number of sulfonamides is 1. The molecule has 0 heterocycles. The van der Waals surface area contributed by atoms with Crippen molar-refractivity contribution in [2.24, 2.45) is 0 Å². The summed E-state index contributed by atoms with van der Waals surface area (Å²) in [5.41, 5.74) is 0.827. The number of hydrogen-bond donors (Lipinski definition) is 1. The van der Waals surface area contributed by atoms with Crippen molar-refractivity contribution in [1.82, 2.24) is 4.31 Å². The van der Waals surface area contributed by atoms with E-state index in [9.17, 15) is 13.2 Å². The molecule has 0 aliphatic heterocycles. The zero-order chi connectivity index (χ0) is 19.2. The van der Waals surface area contributed by atoms with E-state index >= 15 is 0 Å². The van der Waals surface area contributed by atoms with Gasteiger partial charge in [0.25, 0.3) is 5.91 Å². The van der Waals surface area contributed by atoms with Crippen LogP contribution in [-0.2, 0) is 10.0 Å². The van der Waals surface area contributed by atoms with Crippen LogP contribution in [0.2, 0.25) is 5.02 Å². The van der Waals surface area contributed by atoms with Gasteiger partial charge in [0.15, 0.2) is 0 Å². The predicted molar refractivity (Wildman–Crippen MR) is 105 cm³/mol. The molecular formula is C19H23ClN2O3S. The smallest absolute Gasteiger partial charge is 0.255 e. The van der Waals surface area contributed by atoms with Crippen LogP contribution in [0.1, 0.15) is 37.0 Å². The van der Waals surface area contributed by atoms with Gasteiger partial charge in [0.1, 0.15) is 0 Å². The number of benzene rings is 2. The molecule has 0 saturated carbocycles. The topological polar surface area (TPSA) is 66.5 Å². The normalized spacial score (nSPS) is 11.5. The van der Waals surface area contributed by atoms with Crippen molar-refractivity contribution < 1.29 is 13.2 Å². The summed E-state index contributed by atoms with van der Waals surface area (Å²) in [5, 5.41) is 3.23. The van der Waals surface area contributed by atoms with E-state index in [-0.39, 0.29) is 16.4 Å². The lowest BCUT2D eigenvalue weighted by atomic mass is 10.2. The number of nitrogens with zero attached hydrogens (tertiary/aromatic N) is 1. The van der Waals surface area contributed by atoms with E-state index in [4.69, 9.17) is 11.6 Å². The Morgan fingerprint density at radius 2 is 1.69 bits per heavy atom. The second-order valence-corrected chi connectivity index (χ2v) is 8.27. The van der Waals surface area contributed by atoms with E-state index in [1.807, 2.05) is 13.8 Å². The lowest BCUT2D eigenvalue weighted by molar-refractivity contribution is 0.102. The molecule has 2 aromatic carbocycles. The Hall–Kier alpha value is -1.89. The lowest BCUT2D eigenvalue weighted by Gasteiger charge is -2.21. The first-order chi connectivity index (χ1) is 12.4. The monoisotopic (exact) mass is 394 g/mol. The molecule has 0 spiro atoms. The second kappa shape index (κ2) is 9.16. The Kier molecular flexibility index (Phi) is 7.20. The van der Waals surface area contributed by atoms with Gasteiger partial charge in [-0.1, -0.05) is 37.6 Å². The Labute approximate surface area is 160 Å². The number of anilines is 1. The summed E-state index contributed by atoms with van der Waals surface area (Å²) in [6.07, 6.45) is 1.46. The van der Waals surface area contributed by atoms with Gasteiger partial charge < -0.3 is 5.32 Å². The van der Waals surface area contributed by atoms with Crippen LogP contribution in [0.25, 0.3) is 0 Å². The minimum Gasteiger partial charge on any atom is -0.322 e. The van der Waals surface area contributed by atoms with E-state index in [1.54, 1.807) is 36.4 Å². The van der Waals surface area contributed by atoms with Crippen LogP contribution in [-0.4, -0.2) is 31.7 Å². The third-order valence-electron chi connectivity index (χ3n) is 3.76. The molecule has 0 aromatic heterocycles. The number of halogens is 1. The maximum Gasteiger partial charge on any atom is 0.255 e. The highest BCUT2D eigenvalue weighted by Crippen LogP contribution is 2.20. The van der Waals surface area contributed by atoms with Gasteiger partial charge >= 0.3 is 0 Å². The van der Waals surface area contributed by atoms with Gasteiger partial charge in [-0.3, -0.25) is 4.79 Å². The number of carbonyl (C=O) groups is 1. The minimum atomic E-state index is -3.63. The summed E-state index contributed by atoms with van der Waals surface area (Å²) < 4.78 is 27.2. The van der Waals surface area contributed by atoms with E-state index in [1.165, 1.54) is 16.4 Å². The summed E-state index contributed by atoms with van der Waals surface area (Å²) in [6.45, 7) is 4.78. The molecule has 0 radical (unpaired) electrons. The van der Waals surface area contributed by atoms with Crippen LogP contribution in [0.5, 0.6) is 0 Å². The van der Waals surface area contributed by atoms with Crippen molar-refractivity contribution in [3.05, 3.63) is 59.1 Å². The fourth-order valence-electron chi connectivity index (χ4n) is 2.57. The average molecular weight is 395 g/mol. The van der Waals surface area contributed by atoms with Crippen molar-refractivity contribution in [3.8, 4) is 0 Å². The summed E-state index contributed by atoms with van der Waals surface area (Å²) in [5.74, 6) is -0.387. The van der Waals surface area contributed by atoms with Gasteiger partial charge in [-0.2, -0.15) is 4.31 Å². The van der Waals surface area contributed by atoms with E-state index in [0.29, 0.717) is 23.8 Å². The van der Waals surface area contributed by atoms with Crippen molar-refractivity contribution >= 4 is 33.2 Å². The number of nitrogens with one attached hydrogen (secondary N) is 1. The summed E-state index contributed by atoms with van der Waals surface area (Å²) in [4.78, 5) is 12.6. The maximum absolute atomic E-state index is 12.9. The minimum absolute atomic E-state index is 0.123. The standard InChI is InChI=1S/C19H23ClN2O3S/c1-3-11-22(12-4-2)26(24,25)18-10-5-7-15(13-18)19(23)21-17-9-6-8-16(20)14-17/h5-10,13-14H,3-4,11-12H2,1-2H3,(H,21,23). The molecule has 1 N–H and O–H groups in total. The second-order valence-electron chi connectivity index (χ2n) is 5.90. The largest absolute Gasteiger partial charge is 0.322 e. The van der Waals surface area contributed by atoms with Gasteiger partial charge in [0.05, 0.1) is 4.90 Å². The molecule has 140 valence electrons. The Bertz CT molecular complexity index is 863. The molecule has 5 nitrogen and oxygen atoms in total. The van der Waals surface area contributed by atoms with Crippen LogP contribution in [0.3, 0.4) is 0 Å². The third kappa shape index (κ3) is 5.06. The van der Waals surface area contributed by atoms with Crippen LogP contribution in [0.4, 0.5) is 5.69 Å². The van der Waals surface area contributed by atoms with Gasteiger partial charge in [-0.25, -0.2) is 8.42 Å². The van der Waals surface area contributed by atoms with E-state index in [0.717, 1.165) is 12.8 Å². The summed E-state index contributed by atoms with van der Waals surface area (Å²) in [7, 11) is -3.63. The molecule has 0 bridgehead atoms. The highest BCUT2D eigenvalue weighted by atomic mass is 35.5. The third-order valence-corrected chi connectivity index (χ3v) is 5.89. The molecule has 7 heteroatoms. The molecule has 1 amide bonds. The molecular weight excluding hydrogens is 372 g/mol. The first-order valence-corrected chi connectivity index (χ1v) is 10.4. The molecule has 0 unspecified atom stereocenters. The zero-order valence-corrected chi connectivity index (χ0v) is 16.5. The SMILES string of the molecule is CCCN(CCC)S(=O)(=O)c1cccc(C(=O)Nc2cccc(Cl)c2)c1. The summed E-state index contributed by atoms with van der Waals surface area (Å²) >= 11 is 5.92. The Morgan fingerprint density at radius 1 is 1.04 bits per heavy atom. The zero-order valence-electron chi connectivity index (χ0n) is 14.9. The lowest BCUT2D eigenvalue weighted by Crippen LogP contribution is -2.32. The van der Waals surface area contributed by atoms with Crippen LogP contribution < -0.4 is 5.32 Å². The van der Waals surface area contributed by atoms with Crippen molar-refractivity contribution in [2.45, 2.75) is 31.6 Å². The maximum atomic E-state index is 12.9. The molecule has 0 saturated heterocycles. The fourth-order valence-corrected chi connectivity index (χ4v) is 4.43. The number of rotatable bonds is 8. The molecule has 2 rings (SSSR count). The molecule has 0 fully saturated rings. The van der Waals surface area contributed by atoms with Gasteiger partial charge in [0.2, 0.25) is 10.0 Å². The highest BCUT2D eigenvalue weighted by molar-refractivity contribution is 7.89. The molecule has 0 atom stereocenters. The molecule has 0 aliphatic carbocycles. The predicted octanol–water partition coefficient (Wildman–Crippen LogP) is 4.40. The van der Waals surface area contributed by atoms with Crippen molar-refractivity contribution in [3.63, 3.8) is 0 Å². The van der Waals surface area contributed by atoms with E-state index in [2.05, 4.69) is 5.32 Å². The van der Waals surface area contributed by atoms with Crippen LogP contribution in [0.15, 0.2) is 53.4 Å². The van der Waals surface area contributed by atoms with Gasteiger partial charge in [-0.05, 0) is 49.2 Å². The quantitative estimate of drug-likeness (QED) is 0.721. The Balaban J connectivity index is 2.27. The first-order valence-electron chi connectivity index (χ1n) is 8.55. The van der Waals surface area contributed by atoms with Crippen molar-refractivity contribution in [1.29, 1.82) is 0 Å². The summed E-state index contributed by atoms with van der Waals surface area (Å²) in [6, 6.07) is 12.9. The van der Waals surface area contributed by atoms with Crippen LogP contribution >= 0.6 is 11.6 Å². The fraction of sp³-hybridized carbons (Fsp3) is 0.316. The molecule has 0 aliphatic rings. The number of hydrogen-bond acceptors (Lipinski definition) is 3.